The molecule has 4 nitrogen and oxygen atoms in total. The minimum Gasteiger partial charge on any atom is -0.468 e. The Morgan fingerprint density at radius 2 is 2.12 bits per heavy atom. The minimum atomic E-state index is -1.02. The van der Waals surface area contributed by atoms with Gasteiger partial charge >= 0.3 is 5.97 Å². The van der Waals surface area contributed by atoms with Gasteiger partial charge in [0.25, 0.3) is 0 Å². The predicted molar refractivity (Wildman–Crippen MR) is 61.8 cm³/mol. The van der Waals surface area contributed by atoms with Crippen LogP contribution in [0.25, 0.3) is 0 Å². The van der Waals surface area contributed by atoms with Crippen molar-refractivity contribution in [2.75, 3.05) is 7.11 Å². The molecule has 1 rings (SSSR count). The number of aliphatic hydroxyl groups excluding tert-OH is 1. The Balaban J connectivity index is 2.94. The van der Waals surface area contributed by atoms with Crippen molar-refractivity contribution >= 4 is 5.97 Å². The van der Waals surface area contributed by atoms with Crippen LogP contribution in [0.5, 0.6) is 0 Å². The second-order valence-electron chi connectivity index (χ2n) is 3.46. The summed E-state index contributed by atoms with van der Waals surface area (Å²) < 4.78 is 4.57. The first kappa shape index (κ1) is 12.9. The number of aliphatic hydroxyl groups is 1. The molecule has 0 bridgehead atoms. The number of hydrogen-bond acceptors (Lipinski definition) is 4. The highest BCUT2D eigenvalue weighted by Gasteiger charge is 2.25. The van der Waals surface area contributed by atoms with Crippen molar-refractivity contribution in [2.45, 2.75) is 6.10 Å². The summed E-state index contributed by atoms with van der Waals surface area (Å²) in [6.45, 7) is 3.50. The molecule has 4 heteroatoms. The zero-order valence-corrected chi connectivity index (χ0v) is 9.46. The lowest BCUT2D eigenvalue weighted by Gasteiger charge is -2.17. The smallest absolute Gasteiger partial charge is 0.315 e. The molecule has 0 radical (unpaired) electrons. The number of nitrogens with zero attached hydrogens (tertiary/aromatic N) is 1. The number of hydrogen-bond donors (Lipinski definition) is 1. The van der Waals surface area contributed by atoms with Crippen LogP contribution in [0.4, 0.5) is 0 Å². The molecule has 2 atom stereocenters. The molecule has 2 unspecified atom stereocenters. The Morgan fingerprint density at radius 1 is 1.53 bits per heavy atom. The van der Waals surface area contributed by atoms with E-state index in [9.17, 15) is 9.90 Å². The van der Waals surface area contributed by atoms with Gasteiger partial charge in [0.15, 0.2) is 0 Å². The number of esters is 1. The van der Waals surface area contributed by atoms with Crippen molar-refractivity contribution in [3.8, 4) is 6.07 Å². The molecule has 1 aromatic rings. The highest BCUT2D eigenvalue weighted by atomic mass is 16.5. The van der Waals surface area contributed by atoms with Crippen LogP contribution in [0.3, 0.4) is 0 Å². The van der Waals surface area contributed by atoms with Crippen molar-refractivity contribution in [2.24, 2.45) is 5.92 Å². The van der Waals surface area contributed by atoms with Crippen LogP contribution in [0.15, 0.2) is 36.9 Å². The van der Waals surface area contributed by atoms with Gasteiger partial charge in [-0.25, -0.2) is 0 Å². The summed E-state index contributed by atoms with van der Waals surface area (Å²) in [6, 6.07) is 8.34. The number of ether oxygens (including phenoxy) is 1. The molecule has 0 fully saturated rings. The second-order valence-corrected chi connectivity index (χ2v) is 3.46. The lowest BCUT2D eigenvalue weighted by Crippen LogP contribution is -2.21. The summed E-state index contributed by atoms with van der Waals surface area (Å²) in [6.07, 6.45) is 0.321. The molecule has 0 spiro atoms. The Hall–Kier alpha value is -2.12. The topological polar surface area (TPSA) is 70.3 Å². The highest BCUT2D eigenvalue weighted by molar-refractivity contribution is 5.75. The number of methoxy groups -OCH3 is 1. The van der Waals surface area contributed by atoms with E-state index in [2.05, 4.69) is 11.3 Å². The summed E-state index contributed by atoms with van der Waals surface area (Å²) in [7, 11) is 1.25. The Labute approximate surface area is 99.8 Å². The van der Waals surface area contributed by atoms with Gasteiger partial charge in [-0.15, -0.1) is 6.58 Å². The maximum atomic E-state index is 11.4. The summed E-state index contributed by atoms with van der Waals surface area (Å²) >= 11 is 0. The van der Waals surface area contributed by atoms with Crippen LogP contribution in [0, 0.1) is 17.2 Å². The van der Waals surface area contributed by atoms with Gasteiger partial charge in [-0.2, -0.15) is 5.26 Å². The first-order chi connectivity index (χ1) is 8.13. The van der Waals surface area contributed by atoms with Crippen LogP contribution >= 0.6 is 0 Å². The Bertz CT molecular complexity index is 445. The van der Waals surface area contributed by atoms with Crippen molar-refractivity contribution < 1.29 is 14.6 Å². The van der Waals surface area contributed by atoms with Gasteiger partial charge in [-0.1, -0.05) is 18.2 Å². The lowest BCUT2D eigenvalue weighted by molar-refractivity contribution is -0.147. The van der Waals surface area contributed by atoms with Crippen LogP contribution in [-0.2, 0) is 9.53 Å². The Kier molecular flexibility index (Phi) is 4.44. The number of benzene rings is 1. The molecule has 0 aliphatic rings. The average Bonchev–Trinajstić information content (AvgIpc) is 2.39. The molecule has 0 aromatic heterocycles. The van der Waals surface area contributed by atoms with E-state index in [1.54, 1.807) is 24.3 Å². The van der Waals surface area contributed by atoms with Crippen molar-refractivity contribution in [1.82, 2.24) is 0 Å². The van der Waals surface area contributed by atoms with Crippen LogP contribution in [0.2, 0.25) is 0 Å². The predicted octanol–water partition coefficient (Wildman–Crippen LogP) is 1.57. The molecule has 1 aromatic carbocycles. The molecular weight excluding hydrogens is 218 g/mol. The SMILES string of the molecule is C=CC(C(=O)OC)C(O)c1ccc(C#N)cc1. The zero-order chi connectivity index (χ0) is 12.8. The molecule has 0 amide bonds. The largest absolute Gasteiger partial charge is 0.468 e. The summed E-state index contributed by atoms with van der Waals surface area (Å²) in [5, 5.41) is 18.6. The van der Waals surface area contributed by atoms with Gasteiger partial charge in [0.05, 0.1) is 24.8 Å². The third-order valence-electron chi connectivity index (χ3n) is 2.45. The zero-order valence-electron chi connectivity index (χ0n) is 9.46. The number of nitriles is 1. The minimum absolute atomic E-state index is 0.495. The van der Waals surface area contributed by atoms with E-state index in [4.69, 9.17) is 5.26 Å². The van der Waals surface area contributed by atoms with Gasteiger partial charge in [0, 0.05) is 0 Å². The van der Waals surface area contributed by atoms with Crippen LogP contribution in [-0.4, -0.2) is 18.2 Å². The van der Waals surface area contributed by atoms with Crippen LogP contribution in [0.1, 0.15) is 17.2 Å². The third-order valence-corrected chi connectivity index (χ3v) is 2.45. The van der Waals surface area contributed by atoms with Gasteiger partial charge in [-0.05, 0) is 17.7 Å². The summed E-state index contributed by atoms with van der Waals surface area (Å²) in [5.74, 6) is -1.36. The first-order valence-corrected chi connectivity index (χ1v) is 5.02. The number of rotatable bonds is 4. The number of carbonyl (C=O) groups is 1. The molecule has 1 N–H and O–H groups in total. The van der Waals surface area contributed by atoms with Gasteiger partial charge in [-0.3, -0.25) is 4.79 Å². The fourth-order valence-corrected chi connectivity index (χ4v) is 1.45. The highest BCUT2D eigenvalue weighted by Crippen LogP contribution is 2.24. The summed E-state index contributed by atoms with van der Waals surface area (Å²) in [5.41, 5.74) is 1.04. The standard InChI is InChI=1S/C13H13NO3/c1-3-11(13(16)17-2)12(15)10-6-4-9(8-14)5-7-10/h3-7,11-12,15H,1H2,2H3. The molecule has 0 aliphatic carbocycles. The van der Waals surface area contributed by atoms with Crippen molar-refractivity contribution in [1.29, 1.82) is 5.26 Å². The maximum absolute atomic E-state index is 11.4. The lowest BCUT2D eigenvalue weighted by atomic mass is 9.95. The quantitative estimate of drug-likeness (QED) is 0.630. The van der Waals surface area contributed by atoms with E-state index in [1.807, 2.05) is 6.07 Å². The third kappa shape index (κ3) is 2.92. The fourth-order valence-electron chi connectivity index (χ4n) is 1.45. The molecule has 17 heavy (non-hydrogen) atoms. The fraction of sp³-hybridized carbons (Fsp3) is 0.231. The maximum Gasteiger partial charge on any atom is 0.315 e. The molecule has 88 valence electrons. The van der Waals surface area contributed by atoms with E-state index < -0.39 is 18.0 Å². The van der Waals surface area contributed by atoms with E-state index in [-0.39, 0.29) is 0 Å². The summed E-state index contributed by atoms with van der Waals surface area (Å²) in [4.78, 5) is 11.4. The average molecular weight is 231 g/mol. The molecular formula is C13H13NO3. The monoisotopic (exact) mass is 231 g/mol. The van der Waals surface area contributed by atoms with E-state index >= 15 is 0 Å². The van der Waals surface area contributed by atoms with Gasteiger partial charge < -0.3 is 9.84 Å². The van der Waals surface area contributed by atoms with E-state index in [0.29, 0.717) is 11.1 Å². The van der Waals surface area contributed by atoms with Gasteiger partial charge in [0.2, 0.25) is 0 Å². The molecule has 0 saturated carbocycles. The normalized spacial score (nSPS) is 13.2. The first-order valence-electron chi connectivity index (χ1n) is 5.02. The second kappa shape index (κ2) is 5.83. The van der Waals surface area contributed by atoms with Crippen molar-refractivity contribution in [3.05, 3.63) is 48.0 Å². The van der Waals surface area contributed by atoms with Crippen LogP contribution < -0.4 is 0 Å². The van der Waals surface area contributed by atoms with E-state index in [0.717, 1.165) is 0 Å². The Morgan fingerprint density at radius 3 is 2.53 bits per heavy atom. The molecule has 0 heterocycles. The van der Waals surface area contributed by atoms with Gasteiger partial charge in [0.1, 0.15) is 5.92 Å². The van der Waals surface area contributed by atoms with Crippen molar-refractivity contribution in [3.63, 3.8) is 0 Å². The number of carbonyl (C=O) groups excluding carboxylic acids is 1. The van der Waals surface area contributed by atoms with E-state index in [1.165, 1.54) is 13.2 Å². The molecule has 0 saturated heterocycles. The molecule has 0 aliphatic heterocycles.